The molecule has 0 aliphatic heterocycles. The summed E-state index contributed by atoms with van der Waals surface area (Å²) in [6.07, 6.45) is 2.55. The summed E-state index contributed by atoms with van der Waals surface area (Å²) in [5.74, 6) is 0. The maximum absolute atomic E-state index is 2.34. The molecule has 0 aromatic carbocycles. The molecule has 0 fully saturated rings. The third-order valence-electron chi connectivity index (χ3n) is 2.27. The minimum atomic E-state index is 0.383. The third-order valence-corrected chi connectivity index (χ3v) is 3.69. The second-order valence-electron chi connectivity index (χ2n) is 4.12. The number of hydrogen-bond donors (Lipinski definition) is 0. The highest BCUT2D eigenvalue weighted by Gasteiger charge is 2.20. The van der Waals surface area contributed by atoms with Crippen LogP contribution >= 0.6 is 11.3 Å². The minimum Gasteiger partial charge on any atom is -0.148 e. The molecule has 0 aliphatic rings. The SMILES string of the molecule is CCCC(C)(C)c1cc(C)cs1. The molecule has 1 heterocycles. The largest absolute Gasteiger partial charge is 0.148 e. The van der Waals surface area contributed by atoms with Gasteiger partial charge in [0.05, 0.1) is 0 Å². The normalized spacial score (nSPS) is 12.0. The highest BCUT2D eigenvalue weighted by atomic mass is 32.1. The van der Waals surface area contributed by atoms with Crippen molar-refractivity contribution in [2.24, 2.45) is 0 Å². The molecular formula is C11H18S. The van der Waals surface area contributed by atoms with Crippen molar-refractivity contribution in [3.8, 4) is 0 Å². The van der Waals surface area contributed by atoms with Gasteiger partial charge in [0.25, 0.3) is 0 Å². The molecule has 1 heteroatoms. The van der Waals surface area contributed by atoms with Crippen LogP contribution in [0.1, 0.15) is 44.1 Å². The molecule has 0 amide bonds. The fourth-order valence-corrected chi connectivity index (χ4v) is 2.59. The molecule has 0 N–H and O–H groups in total. The fraction of sp³-hybridized carbons (Fsp3) is 0.636. The summed E-state index contributed by atoms with van der Waals surface area (Å²) < 4.78 is 0. The van der Waals surface area contributed by atoms with Crippen LogP contribution in [0.15, 0.2) is 11.4 Å². The van der Waals surface area contributed by atoms with E-state index in [1.807, 2.05) is 11.3 Å². The van der Waals surface area contributed by atoms with Crippen molar-refractivity contribution in [3.63, 3.8) is 0 Å². The van der Waals surface area contributed by atoms with E-state index in [1.165, 1.54) is 23.3 Å². The van der Waals surface area contributed by atoms with Gasteiger partial charge >= 0.3 is 0 Å². The number of aryl methyl sites for hydroxylation is 1. The van der Waals surface area contributed by atoms with Crippen molar-refractivity contribution in [1.82, 2.24) is 0 Å². The van der Waals surface area contributed by atoms with Gasteiger partial charge in [-0.1, -0.05) is 27.2 Å². The van der Waals surface area contributed by atoms with Crippen molar-refractivity contribution >= 4 is 11.3 Å². The summed E-state index contributed by atoms with van der Waals surface area (Å²) in [7, 11) is 0. The second-order valence-corrected chi connectivity index (χ2v) is 5.03. The van der Waals surface area contributed by atoms with E-state index >= 15 is 0 Å². The smallest absolute Gasteiger partial charge is 0.0104 e. The zero-order chi connectivity index (χ0) is 9.19. The molecule has 0 unspecified atom stereocenters. The van der Waals surface area contributed by atoms with E-state index in [1.54, 1.807) is 0 Å². The van der Waals surface area contributed by atoms with E-state index in [0.29, 0.717) is 5.41 Å². The van der Waals surface area contributed by atoms with Gasteiger partial charge in [-0.15, -0.1) is 11.3 Å². The van der Waals surface area contributed by atoms with Crippen LogP contribution in [0, 0.1) is 6.92 Å². The Morgan fingerprint density at radius 3 is 2.50 bits per heavy atom. The first-order chi connectivity index (χ1) is 5.56. The Bertz CT molecular complexity index is 245. The standard InChI is InChI=1S/C11H18S/c1-5-6-11(3,4)10-7-9(2)8-12-10/h7-8H,5-6H2,1-4H3. The van der Waals surface area contributed by atoms with Gasteiger partial charge in [-0.2, -0.15) is 0 Å². The van der Waals surface area contributed by atoms with Crippen LogP contribution < -0.4 is 0 Å². The van der Waals surface area contributed by atoms with Gasteiger partial charge in [0, 0.05) is 4.88 Å². The van der Waals surface area contributed by atoms with E-state index in [-0.39, 0.29) is 0 Å². The maximum atomic E-state index is 2.34. The molecule has 0 nitrogen and oxygen atoms in total. The van der Waals surface area contributed by atoms with Gasteiger partial charge in [-0.05, 0) is 35.8 Å². The molecule has 0 radical (unpaired) electrons. The van der Waals surface area contributed by atoms with E-state index in [4.69, 9.17) is 0 Å². The van der Waals surface area contributed by atoms with E-state index in [0.717, 1.165) is 0 Å². The lowest BCUT2D eigenvalue weighted by molar-refractivity contribution is 0.482. The zero-order valence-electron chi connectivity index (χ0n) is 8.48. The monoisotopic (exact) mass is 182 g/mol. The number of rotatable bonds is 3. The Morgan fingerprint density at radius 2 is 2.08 bits per heavy atom. The first-order valence-corrected chi connectivity index (χ1v) is 5.50. The molecule has 0 spiro atoms. The molecule has 0 saturated heterocycles. The molecule has 68 valence electrons. The molecular weight excluding hydrogens is 164 g/mol. The van der Waals surface area contributed by atoms with E-state index < -0.39 is 0 Å². The maximum Gasteiger partial charge on any atom is 0.0104 e. The summed E-state index contributed by atoms with van der Waals surface area (Å²) >= 11 is 1.90. The van der Waals surface area contributed by atoms with E-state index in [9.17, 15) is 0 Å². The average molecular weight is 182 g/mol. The molecule has 0 bridgehead atoms. The Kier molecular flexibility index (Phi) is 2.94. The van der Waals surface area contributed by atoms with Crippen molar-refractivity contribution in [2.45, 2.75) is 46.0 Å². The quantitative estimate of drug-likeness (QED) is 0.659. The van der Waals surface area contributed by atoms with Crippen LogP contribution in [0.4, 0.5) is 0 Å². The molecule has 0 atom stereocenters. The summed E-state index contributed by atoms with van der Waals surface area (Å²) in [5.41, 5.74) is 1.78. The number of thiophene rings is 1. The van der Waals surface area contributed by atoms with Gasteiger partial charge in [0.15, 0.2) is 0 Å². The topological polar surface area (TPSA) is 0 Å². The summed E-state index contributed by atoms with van der Waals surface area (Å²) in [4.78, 5) is 1.53. The van der Waals surface area contributed by atoms with Gasteiger partial charge in [0.1, 0.15) is 0 Å². The molecule has 1 rings (SSSR count). The second kappa shape index (κ2) is 3.61. The van der Waals surface area contributed by atoms with Crippen LogP contribution in [-0.2, 0) is 5.41 Å². The Balaban J connectivity index is 2.81. The van der Waals surface area contributed by atoms with Crippen LogP contribution in [0.25, 0.3) is 0 Å². The Hall–Kier alpha value is -0.300. The lowest BCUT2D eigenvalue weighted by atomic mass is 9.86. The van der Waals surface area contributed by atoms with Gasteiger partial charge in [-0.3, -0.25) is 0 Å². The van der Waals surface area contributed by atoms with Crippen molar-refractivity contribution in [2.75, 3.05) is 0 Å². The Labute approximate surface area is 79.6 Å². The number of hydrogen-bond acceptors (Lipinski definition) is 1. The Morgan fingerprint density at radius 1 is 1.42 bits per heavy atom. The molecule has 1 aromatic rings. The molecule has 1 aromatic heterocycles. The van der Waals surface area contributed by atoms with Gasteiger partial charge in [0.2, 0.25) is 0 Å². The molecule has 0 saturated carbocycles. The van der Waals surface area contributed by atoms with Crippen LogP contribution in [0.3, 0.4) is 0 Å². The van der Waals surface area contributed by atoms with E-state index in [2.05, 4.69) is 39.1 Å². The minimum absolute atomic E-state index is 0.383. The first-order valence-electron chi connectivity index (χ1n) is 4.62. The average Bonchev–Trinajstić information content (AvgIpc) is 2.36. The molecule has 12 heavy (non-hydrogen) atoms. The molecule has 0 aliphatic carbocycles. The lowest BCUT2D eigenvalue weighted by Crippen LogP contribution is -2.14. The van der Waals surface area contributed by atoms with Gasteiger partial charge < -0.3 is 0 Å². The van der Waals surface area contributed by atoms with Crippen LogP contribution in [0.2, 0.25) is 0 Å². The van der Waals surface area contributed by atoms with Crippen molar-refractivity contribution in [1.29, 1.82) is 0 Å². The lowest BCUT2D eigenvalue weighted by Gasteiger charge is -2.22. The predicted molar refractivity (Wildman–Crippen MR) is 57.0 cm³/mol. The van der Waals surface area contributed by atoms with Gasteiger partial charge in [-0.25, -0.2) is 0 Å². The summed E-state index contributed by atoms with van der Waals surface area (Å²) in [5, 5.41) is 2.24. The highest BCUT2D eigenvalue weighted by molar-refractivity contribution is 7.10. The van der Waals surface area contributed by atoms with Crippen LogP contribution in [-0.4, -0.2) is 0 Å². The third kappa shape index (κ3) is 2.10. The fourth-order valence-electron chi connectivity index (χ4n) is 1.53. The highest BCUT2D eigenvalue weighted by Crippen LogP contribution is 2.32. The first kappa shape index (κ1) is 9.79. The summed E-state index contributed by atoms with van der Waals surface area (Å²) in [6, 6.07) is 2.32. The predicted octanol–water partition coefficient (Wildman–Crippen LogP) is 4.13. The summed E-state index contributed by atoms with van der Waals surface area (Å²) in [6.45, 7) is 9.09. The zero-order valence-corrected chi connectivity index (χ0v) is 9.29. The van der Waals surface area contributed by atoms with Crippen LogP contribution in [0.5, 0.6) is 0 Å². The van der Waals surface area contributed by atoms with Crippen molar-refractivity contribution < 1.29 is 0 Å². The van der Waals surface area contributed by atoms with Crippen molar-refractivity contribution in [3.05, 3.63) is 21.9 Å².